The average molecular weight is 167 g/mol. The zero-order valence-corrected chi connectivity index (χ0v) is 7.10. The van der Waals surface area contributed by atoms with Gasteiger partial charge in [-0.25, -0.2) is 8.78 Å². The van der Waals surface area contributed by atoms with Crippen LogP contribution < -0.4 is 5.32 Å². The molecule has 2 atom stereocenters. The van der Waals surface area contributed by atoms with Crippen LogP contribution in [-0.4, -0.2) is 32.2 Å². The third-order valence-corrected chi connectivity index (χ3v) is 1.67. The molecule has 0 amide bonds. The molecule has 0 bridgehead atoms. The zero-order chi connectivity index (χ0) is 8.85. The number of hydrogen-bond donors (Lipinski definition) is 1. The van der Waals surface area contributed by atoms with E-state index >= 15 is 0 Å². The number of ether oxygens (including phenoxy) is 1. The van der Waals surface area contributed by atoms with E-state index < -0.39 is 6.43 Å². The van der Waals surface area contributed by atoms with Gasteiger partial charge in [0.2, 0.25) is 0 Å². The van der Waals surface area contributed by atoms with E-state index in [1.807, 2.05) is 13.8 Å². The van der Waals surface area contributed by atoms with Gasteiger partial charge in [-0.1, -0.05) is 0 Å². The second-order valence-corrected chi connectivity index (χ2v) is 2.53. The monoisotopic (exact) mass is 167 g/mol. The van der Waals surface area contributed by atoms with Crippen molar-refractivity contribution in [2.24, 2.45) is 0 Å². The molecule has 4 heteroatoms. The van der Waals surface area contributed by atoms with Crippen LogP contribution in [0, 0.1) is 0 Å². The van der Waals surface area contributed by atoms with Gasteiger partial charge in [0.05, 0.1) is 12.6 Å². The first-order chi connectivity index (χ1) is 5.07. The van der Waals surface area contributed by atoms with Gasteiger partial charge in [0.1, 0.15) is 0 Å². The summed E-state index contributed by atoms with van der Waals surface area (Å²) in [6.45, 7) is 3.38. The molecule has 2 unspecified atom stereocenters. The lowest BCUT2D eigenvalue weighted by Crippen LogP contribution is -2.39. The number of nitrogens with one attached hydrogen (secondary N) is 1. The number of alkyl halides is 2. The summed E-state index contributed by atoms with van der Waals surface area (Å²) < 4.78 is 28.3. The van der Waals surface area contributed by atoms with Crippen molar-refractivity contribution < 1.29 is 13.5 Å². The van der Waals surface area contributed by atoms with Gasteiger partial charge in [-0.2, -0.15) is 0 Å². The lowest BCUT2D eigenvalue weighted by atomic mass is 10.2. The van der Waals surface area contributed by atoms with Crippen molar-refractivity contribution in [1.29, 1.82) is 0 Å². The van der Waals surface area contributed by atoms with Gasteiger partial charge in [-0.05, 0) is 13.8 Å². The van der Waals surface area contributed by atoms with E-state index in [1.54, 1.807) is 7.11 Å². The van der Waals surface area contributed by atoms with Crippen LogP contribution in [0.3, 0.4) is 0 Å². The fourth-order valence-corrected chi connectivity index (χ4v) is 0.645. The standard InChI is InChI=1S/C7H15F2NO/c1-5(6(2)11-3)10-4-7(8)9/h5-7,10H,4H2,1-3H3. The molecule has 0 aromatic carbocycles. The first-order valence-electron chi connectivity index (χ1n) is 3.62. The maximum atomic E-state index is 11.7. The van der Waals surface area contributed by atoms with Gasteiger partial charge in [-0.3, -0.25) is 0 Å². The minimum atomic E-state index is -2.29. The number of rotatable bonds is 5. The third-order valence-electron chi connectivity index (χ3n) is 1.67. The topological polar surface area (TPSA) is 21.3 Å². The number of hydrogen-bond acceptors (Lipinski definition) is 2. The second-order valence-electron chi connectivity index (χ2n) is 2.53. The molecule has 0 aliphatic heterocycles. The summed E-state index contributed by atoms with van der Waals surface area (Å²) in [7, 11) is 1.56. The van der Waals surface area contributed by atoms with Crippen molar-refractivity contribution >= 4 is 0 Å². The first-order valence-corrected chi connectivity index (χ1v) is 3.62. The Morgan fingerprint density at radius 3 is 2.27 bits per heavy atom. The Hall–Kier alpha value is -0.220. The molecule has 0 aromatic rings. The molecule has 2 nitrogen and oxygen atoms in total. The Kier molecular flexibility index (Phi) is 5.32. The van der Waals surface area contributed by atoms with E-state index in [0.29, 0.717) is 0 Å². The number of halogens is 2. The fourth-order valence-electron chi connectivity index (χ4n) is 0.645. The average Bonchev–Trinajstić information content (AvgIpc) is 1.98. The van der Waals surface area contributed by atoms with Crippen LogP contribution in [0.15, 0.2) is 0 Å². The van der Waals surface area contributed by atoms with Crippen LogP contribution >= 0.6 is 0 Å². The molecule has 0 aliphatic carbocycles. The number of methoxy groups -OCH3 is 1. The van der Waals surface area contributed by atoms with E-state index in [-0.39, 0.29) is 18.7 Å². The summed E-state index contributed by atoms with van der Waals surface area (Å²) >= 11 is 0. The highest BCUT2D eigenvalue weighted by Gasteiger charge is 2.11. The summed E-state index contributed by atoms with van der Waals surface area (Å²) in [6.07, 6.45) is -2.32. The molecule has 0 aromatic heterocycles. The lowest BCUT2D eigenvalue weighted by Gasteiger charge is -2.19. The van der Waals surface area contributed by atoms with Gasteiger partial charge in [0.15, 0.2) is 0 Å². The Bertz CT molecular complexity index is 100. The molecule has 68 valence electrons. The third kappa shape index (κ3) is 5.09. The predicted octanol–water partition coefficient (Wildman–Crippen LogP) is 1.26. The van der Waals surface area contributed by atoms with Crippen LogP contribution in [0.1, 0.15) is 13.8 Å². The van der Waals surface area contributed by atoms with Gasteiger partial charge in [0.25, 0.3) is 6.43 Å². The molecule has 0 rings (SSSR count). The van der Waals surface area contributed by atoms with Crippen molar-refractivity contribution in [3.05, 3.63) is 0 Å². The molecule has 0 radical (unpaired) electrons. The smallest absolute Gasteiger partial charge is 0.250 e. The molecule has 0 saturated carbocycles. The molecule has 0 spiro atoms. The normalized spacial score (nSPS) is 16.9. The summed E-state index contributed by atoms with van der Waals surface area (Å²) in [5.41, 5.74) is 0. The summed E-state index contributed by atoms with van der Waals surface area (Å²) in [5.74, 6) is 0. The van der Waals surface area contributed by atoms with E-state index in [1.165, 1.54) is 0 Å². The minimum Gasteiger partial charge on any atom is -0.380 e. The first kappa shape index (κ1) is 10.8. The van der Waals surface area contributed by atoms with Crippen LogP contribution in [0.2, 0.25) is 0 Å². The molecule has 0 heterocycles. The van der Waals surface area contributed by atoms with Crippen molar-refractivity contribution in [2.45, 2.75) is 32.4 Å². The van der Waals surface area contributed by atoms with Crippen LogP contribution in [0.25, 0.3) is 0 Å². The van der Waals surface area contributed by atoms with Gasteiger partial charge in [-0.15, -0.1) is 0 Å². The molecule has 0 fully saturated rings. The Balaban J connectivity index is 3.43. The molecule has 0 aliphatic rings. The maximum Gasteiger partial charge on any atom is 0.250 e. The van der Waals surface area contributed by atoms with Crippen molar-refractivity contribution in [2.75, 3.05) is 13.7 Å². The van der Waals surface area contributed by atoms with Gasteiger partial charge < -0.3 is 10.1 Å². The highest BCUT2D eigenvalue weighted by atomic mass is 19.3. The lowest BCUT2D eigenvalue weighted by molar-refractivity contribution is 0.0762. The Morgan fingerprint density at radius 2 is 1.91 bits per heavy atom. The molecular formula is C7H15F2NO. The quantitative estimate of drug-likeness (QED) is 0.665. The summed E-state index contributed by atoms with van der Waals surface area (Å²) in [5, 5.41) is 2.66. The van der Waals surface area contributed by atoms with Crippen molar-refractivity contribution in [1.82, 2.24) is 5.32 Å². The Labute approximate surface area is 65.9 Å². The van der Waals surface area contributed by atoms with E-state index in [4.69, 9.17) is 4.74 Å². The Morgan fingerprint density at radius 1 is 1.36 bits per heavy atom. The second kappa shape index (κ2) is 5.43. The highest BCUT2D eigenvalue weighted by Crippen LogP contribution is 1.97. The summed E-state index contributed by atoms with van der Waals surface area (Å²) in [6, 6.07) is -0.0333. The fraction of sp³-hybridized carbons (Fsp3) is 1.00. The molecule has 1 N–H and O–H groups in total. The van der Waals surface area contributed by atoms with E-state index in [2.05, 4.69) is 5.32 Å². The minimum absolute atomic E-state index is 0.0333. The molecular weight excluding hydrogens is 152 g/mol. The predicted molar refractivity (Wildman–Crippen MR) is 39.9 cm³/mol. The molecule has 0 saturated heterocycles. The highest BCUT2D eigenvalue weighted by molar-refractivity contribution is 4.67. The van der Waals surface area contributed by atoms with Crippen LogP contribution in [-0.2, 0) is 4.74 Å². The summed E-state index contributed by atoms with van der Waals surface area (Å²) in [4.78, 5) is 0. The van der Waals surface area contributed by atoms with Crippen LogP contribution in [0.5, 0.6) is 0 Å². The largest absolute Gasteiger partial charge is 0.380 e. The molecule has 11 heavy (non-hydrogen) atoms. The zero-order valence-electron chi connectivity index (χ0n) is 7.10. The SMILES string of the molecule is COC(C)C(C)NCC(F)F. The van der Waals surface area contributed by atoms with Gasteiger partial charge in [0, 0.05) is 13.2 Å². The van der Waals surface area contributed by atoms with Crippen LogP contribution in [0.4, 0.5) is 8.78 Å². The van der Waals surface area contributed by atoms with Crippen molar-refractivity contribution in [3.63, 3.8) is 0 Å². The van der Waals surface area contributed by atoms with Gasteiger partial charge >= 0.3 is 0 Å². The van der Waals surface area contributed by atoms with Crippen molar-refractivity contribution in [3.8, 4) is 0 Å². The maximum absolute atomic E-state index is 11.7. The van der Waals surface area contributed by atoms with E-state index in [0.717, 1.165) is 0 Å². The van der Waals surface area contributed by atoms with E-state index in [9.17, 15) is 8.78 Å².